The Hall–Kier alpha value is -4.79. The Morgan fingerprint density at radius 2 is 1.62 bits per heavy atom. The van der Waals surface area contributed by atoms with Crippen molar-refractivity contribution in [1.29, 1.82) is 0 Å². The van der Waals surface area contributed by atoms with E-state index in [1.165, 1.54) is 0 Å². The number of hydrogen-bond donors (Lipinski definition) is 2. The summed E-state index contributed by atoms with van der Waals surface area (Å²) in [6.07, 6.45) is 0. The van der Waals surface area contributed by atoms with Crippen LogP contribution in [0, 0.1) is 0 Å². The zero-order chi connectivity index (χ0) is 25.9. The number of para-hydroxylation sites is 1. The maximum Gasteiger partial charge on any atom is 0.255 e. The molecule has 1 atom stereocenters. The highest BCUT2D eigenvalue weighted by molar-refractivity contribution is 6.06. The van der Waals surface area contributed by atoms with Gasteiger partial charge in [-0.1, -0.05) is 18.2 Å². The molecule has 4 aromatic rings. The molecule has 1 aliphatic rings. The summed E-state index contributed by atoms with van der Waals surface area (Å²) in [6, 6.07) is 21.7. The first kappa shape index (κ1) is 23.9. The van der Waals surface area contributed by atoms with E-state index in [4.69, 9.17) is 24.3 Å². The van der Waals surface area contributed by atoms with Crippen molar-refractivity contribution < 1.29 is 19.0 Å². The van der Waals surface area contributed by atoms with E-state index in [0.717, 1.165) is 16.9 Å². The lowest BCUT2D eigenvalue weighted by atomic mass is 9.94. The number of hydrogen-bond acceptors (Lipinski definition) is 7. The van der Waals surface area contributed by atoms with Crippen molar-refractivity contribution in [3.05, 3.63) is 89.6 Å². The zero-order valence-electron chi connectivity index (χ0n) is 21.0. The van der Waals surface area contributed by atoms with Crippen LogP contribution < -0.4 is 24.8 Å². The first-order valence-electron chi connectivity index (χ1n) is 11.7. The Morgan fingerprint density at radius 3 is 2.30 bits per heavy atom. The van der Waals surface area contributed by atoms with E-state index < -0.39 is 6.04 Å². The predicted octanol–water partition coefficient (Wildman–Crippen LogP) is 4.90. The largest absolute Gasteiger partial charge is 0.497 e. The summed E-state index contributed by atoms with van der Waals surface area (Å²) < 4.78 is 18.1. The maximum absolute atomic E-state index is 13.7. The van der Waals surface area contributed by atoms with Crippen LogP contribution in [0.5, 0.6) is 17.2 Å². The SMILES string of the molecule is COc1ccc(-c2nc3n(n2)C(c2ccc(OC)cc2OC)C(C(=O)Nc2ccccc2)=C(C)N3)cc1. The molecule has 1 unspecified atom stereocenters. The van der Waals surface area contributed by atoms with Gasteiger partial charge < -0.3 is 24.8 Å². The van der Waals surface area contributed by atoms with Gasteiger partial charge in [-0.05, 0) is 55.5 Å². The number of allylic oxidation sites excluding steroid dienone is 1. The van der Waals surface area contributed by atoms with E-state index in [2.05, 4.69) is 10.6 Å². The lowest BCUT2D eigenvalue weighted by Gasteiger charge is -2.29. The topological polar surface area (TPSA) is 99.5 Å². The van der Waals surface area contributed by atoms with Crippen LogP contribution in [-0.2, 0) is 4.79 Å². The number of benzene rings is 3. The maximum atomic E-state index is 13.7. The van der Waals surface area contributed by atoms with E-state index in [9.17, 15) is 4.79 Å². The Balaban J connectivity index is 1.63. The van der Waals surface area contributed by atoms with Crippen LogP contribution >= 0.6 is 0 Å². The molecule has 5 rings (SSSR count). The molecule has 0 fully saturated rings. The van der Waals surface area contributed by atoms with E-state index in [1.54, 1.807) is 32.1 Å². The molecule has 0 spiro atoms. The normalized spacial score (nSPS) is 14.4. The van der Waals surface area contributed by atoms with Crippen molar-refractivity contribution in [2.75, 3.05) is 32.0 Å². The molecule has 9 nitrogen and oxygen atoms in total. The number of fused-ring (bicyclic) bond motifs is 1. The van der Waals surface area contributed by atoms with E-state index in [1.807, 2.05) is 73.7 Å². The van der Waals surface area contributed by atoms with E-state index in [-0.39, 0.29) is 5.91 Å². The molecule has 188 valence electrons. The van der Waals surface area contributed by atoms with Gasteiger partial charge in [0.1, 0.15) is 23.3 Å². The van der Waals surface area contributed by atoms with Gasteiger partial charge in [0.2, 0.25) is 5.95 Å². The third kappa shape index (κ3) is 4.58. The van der Waals surface area contributed by atoms with Gasteiger partial charge in [-0.3, -0.25) is 4.79 Å². The highest BCUT2D eigenvalue weighted by Gasteiger charge is 2.36. The molecule has 37 heavy (non-hydrogen) atoms. The molecule has 1 aromatic heterocycles. The molecular formula is C28H27N5O4. The smallest absolute Gasteiger partial charge is 0.255 e. The Labute approximate surface area is 214 Å². The lowest BCUT2D eigenvalue weighted by Crippen LogP contribution is -2.31. The molecule has 2 N–H and O–H groups in total. The zero-order valence-corrected chi connectivity index (χ0v) is 21.0. The minimum absolute atomic E-state index is 0.258. The number of aromatic nitrogens is 3. The van der Waals surface area contributed by atoms with Gasteiger partial charge in [0.25, 0.3) is 5.91 Å². The van der Waals surface area contributed by atoms with Crippen LogP contribution in [0.1, 0.15) is 18.5 Å². The van der Waals surface area contributed by atoms with Gasteiger partial charge in [0, 0.05) is 28.6 Å². The summed E-state index contributed by atoms with van der Waals surface area (Å²) >= 11 is 0. The lowest BCUT2D eigenvalue weighted by molar-refractivity contribution is -0.113. The molecule has 0 saturated heterocycles. The number of ether oxygens (including phenoxy) is 3. The second-order valence-corrected chi connectivity index (χ2v) is 8.43. The van der Waals surface area contributed by atoms with Gasteiger partial charge >= 0.3 is 0 Å². The molecule has 1 aliphatic heterocycles. The summed E-state index contributed by atoms with van der Waals surface area (Å²) in [5.41, 5.74) is 3.41. The molecule has 3 aromatic carbocycles. The van der Waals surface area contributed by atoms with Crippen molar-refractivity contribution in [3.63, 3.8) is 0 Å². The highest BCUT2D eigenvalue weighted by Crippen LogP contribution is 2.41. The fraction of sp³-hybridized carbons (Fsp3) is 0.179. The number of amides is 1. The minimum atomic E-state index is -0.611. The number of anilines is 2. The number of carbonyl (C=O) groups excluding carboxylic acids is 1. The molecule has 0 radical (unpaired) electrons. The minimum Gasteiger partial charge on any atom is -0.497 e. The highest BCUT2D eigenvalue weighted by atomic mass is 16.5. The standard InChI is InChI=1S/C28H27N5O4/c1-17-24(27(34)30-19-8-6-5-7-9-19)25(22-15-14-21(36-3)16-23(22)37-4)33-28(29-17)31-26(32-33)18-10-12-20(35-2)13-11-18/h5-16,25H,1-4H3,(H,30,34)(H,29,31,32). The molecule has 0 aliphatic carbocycles. The number of carbonyl (C=O) groups is 1. The summed E-state index contributed by atoms with van der Waals surface area (Å²) in [4.78, 5) is 18.4. The molecular weight excluding hydrogens is 470 g/mol. The molecule has 2 heterocycles. The summed E-state index contributed by atoms with van der Waals surface area (Å²) in [5, 5.41) is 11.1. The predicted molar refractivity (Wildman–Crippen MR) is 141 cm³/mol. The van der Waals surface area contributed by atoms with Crippen LogP contribution in [0.2, 0.25) is 0 Å². The first-order chi connectivity index (χ1) is 18.0. The van der Waals surface area contributed by atoms with Gasteiger partial charge in [0.05, 0.1) is 26.9 Å². The summed E-state index contributed by atoms with van der Waals surface area (Å²) in [6.45, 7) is 1.86. The van der Waals surface area contributed by atoms with Crippen molar-refractivity contribution >= 4 is 17.5 Å². The second kappa shape index (κ2) is 10.1. The van der Waals surface area contributed by atoms with Crippen LogP contribution in [0.3, 0.4) is 0 Å². The number of nitrogens with zero attached hydrogens (tertiary/aromatic N) is 3. The Kier molecular flexibility index (Phi) is 6.51. The van der Waals surface area contributed by atoms with Crippen LogP contribution in [0.4, 0.5) is 11.6 Å². The Bertz CT molecular complexity index is 1460. The fourth-order valence-corrected chi connectivity index (χ4v) is 4.36. The quantitative estimate of drug-likeness (QED) is 0.375. The van der Waals surface area contributed by atoms with Gasteiger partial charge in [0.15, 0.2) is 5.82 Å². The third-order valence-corrected chi connectivity index (χ3v) is 6.21. The van der Waals surface area contributed by atoms with Crippen LogP contribution in [0.15, 0.2) is 84.1 Å². The van der Waals surface area contributed by atoms with Crippen molar-refractivity contribution in [3.8, 4) is 28.6 Å². The van der Waals surface area contributed by atoms with Gasteiger partial charge in [-0.2, -0.15) is 4.98 Å². The third-order valence-electron chi connectivity index (χ3n) is 6.21. The van der Waals surface area contributed by atoms with E-state index in [0.29, 0.717) is 40.2 Å². The van der Waals surface area contributed by atoms with Gasteiger partial charge in [-0.25, -0.2) is 4.68 Å². The Morgan fingerprint density at radius 1 is 0.919 bits per heavy atom. The molecule has 0 bridgehead atoms. The fourth-order valence-electron chi connectivity index (χ4n) is 4.36. The van der Waals surface area contributed by atoms with Crippen molar-refractivity contribution in [2.45, 2.75) is 13.0 Å². The molecule has 1 amide bonds. The van der Waals surface area contributed by atoms with Crippen molar-refractivity contribution in [1.82, 2.24) is 14.8 Å². The number of rotatable bonds is 7. The number of methoxy groups -OCH3 is 3. The van der Waals surface area contributed by atoms with Crippen LogP contribution in [-0.4, -0.2) is 42.0 Å². The second-order valence-electron chi connectivity index (χ2n) is 8.43. The average Bonchev–Trinajstić information content (AvgIpc) is 3.36. The molecule has 9 heteroatoms. The van der Waals surface area contributed by atoms with E-state index >= 15 is 0 Å². The van der Waals surface area contributed by atoms with Crippen molar-refractivity contribution in [2.24, 2.45) is 0 Å². The monoisotopic (exact) mass is 497 g/mol. The summed E-state index contributed by atoms with van der Waals surface area (Å²) in [7, 11) is 4.80. The summed E-state index contributed by atoms with van der Waals surface area (Å²) in [5.74, 6) is 2.72. The number of nitrogens with one attached hydrogen (secondary N) is 2. The van der Waals surface area contributed by atoms with Gasteiger partial charge in [-0.15, -0.1) is 5.10 Å². The first-order valence-corrected chi connectivity index (χ1v) is 11.7. The average molecular weight is 498 g/mol. The molecule has 0 saturated carbocycles. The van der Waals surface area contributed by atoms with Crippen LogP contribution in [0.25, 0.3) is 11.4 Å².